The van der Waals surface area contributed by atoms with Crippen LogP contribution in [-0.2, 0) is 23.7 Å². The van der Waals surface area contributed by atoms with Gasteiger partial charge in [0.15, 0.2) is 6.10 Å². The monoisotopic (exact) mass is 172 g/mol. The van der Waals surface area contributed by atoms with Gasteiger partial charge in [-0.05, 0) is 0 Å². The molecule has 3 heterocycles. The first-order chi connectivity index (χ1) is 5.86. The number of carbonyl (C=O) groups is 1. The number of hydrogen-bond donors (Lipinski definition) is 0. The van der Waals surface area contributed by atoms with Crippen LogP contribution in [0.25, 0.3) is 0 Å². The van der Waals surface area contributed by atoms with Gasteiger partial charge in [-0.15, -0.1) is 0 Å². The summed E-state index contributed by atoms with van der Waals surface area (Å²) in [6.07, 6.45) is -1.55. The highest BCUT2D eigenvalue weighted by atomic mass is 16.8. The van der Waals surface area contributed by atoms with Gasteiger partial charge in [-0.2, -0.15) is 0 Å². The van der Waals surface area contributed by atoms with E-state index >= 15 is 0 Å². The van der Waals surface area contributed by atoms with Gasteiger partial charge in [-0.25, -0.2) is 0 Å². The van der Waals surface area contributed by atoms with Crippen molar-refractivity contribution in [1.29, 1.82) is 0 Å². The van der Waals surface area contributed by atoms with E-state index in [2.05, 4.69) is 0 Å². The summed E-state index contributed by atoms with van der Waals surface area (Å²) in [7, 11) is 0. The fourth-order valence-electron chi connectivity index (χ4n) is 1.79. The molecular formula is C7H8O5. The van der Waals surface area contributed by atoms with E-state index in [1.165, 1.54) is 0 Å². The molecule has 0 unspecified atom stereocenters. The van der Waals surface area contributed by atoms with Gasteiger partial charge in [-0.3, -0.25) is 4.79 Å². The first kappa shape index (κ1) is 6.97. The molecule has 0 radical (unpaired) electrons. The van der Waals surface area contributed by atoms with Gasteiger partial charge in [0.25, 0.3) is 0 Å². The van der Waals surface area contributed by atoms with Crippen LogP contribution < -0.4 is 0 Å². The van der Waals surface area contributed by atoms with Crippen LogP contribution in [0.1, 0.15) is 0 Å². The molecule has 0 aliphatic carbocycles. The molecule has 5 nitrogen and oxygen atoms in total. The maximum atomic E-state index is 11.4. The summed E-state index contributed by atoms with van der Waals surface area (Å²) in [6.45, 7) is 0.620. The molecule has 2 bridgehead atoms. The molecular weight excluding hydrogens is 164 g/mol. The number of fused-ring (bicyclic) bond motifs is 4. The van der Waals surface area contributed by atoms with Crippen molar-refractivity contribution in [3.8, 4) is 0 Å². The molecule has 0 amide bonds. The van der Waals surface area contributed by atoms with Crippen molar-refractivity contribution in [2.45, 2.75) is 24.6 Å². The van der Waals surface area contributed by atoms with Crippen molar-refractivity contribution < 1.29 is 23.7 Å². The quantitative estimate of drug-likeness (QED) is 0.471. The second kappa shape index (κ2) is 2.26. The number of Topliss-reactive ketones (excluding diaryl/α,β-unsaturated/α-hetero) is 1. The lowest BCUT2D eigenvalue weighted by molar-refractivity contribution is -0.169. The molecule has 0 aromatic carbocycles. The molecule has 0 aromatic heterocycles. The molecule has 0 spiro atoms. The van der Waals surface area contributed by atoms with E-state index in [9.17, 15) is 4.79 Å². The Morgan fingerprint density at radius 3 is 3.08 bits per heavy atom. The normalized spacial score (nSPS) is 51.2. The Bertz CT molecular complexity index is 228. The first-order valence-corrected chi connectivity index (χ1v) is 3.90. The molecule has 4 atom stereocenters. The number of ketones is 1. The minimum Gasteiger partial charge on any atom is -0.346 e. The average Bonchev–Trinajstić information content (AvgIpc) is 2.69. The van der Waals surface area contributed by atoms with Gasteiger partial charge in [-0.1, -0.05) is 0 Å². The lowest BCUT2D eigenvalue weighted by atomic mass is 10.0. The Balaban J connectivity index is 1.94. The van der Waals surface area contributed by atoms with Gasteiger partial charge in [0, 0.05) is 0 Å². The molecule has 3 aliphatic heterocycles. The van der Waals surface area contributed by atoms with Crippen LogP contribution in [0, 0.1) is 0 Å². The van der Waals surface area contributed by atoms with Crippen LogP contribution in [0.4, 0.5) is 0 Å². The van der Waals surface area contributed by atoms with Crippen LogP contribution in [0.3, 0.4) is 0 Å². The van der Waals surface area contributed by atoms with E-state index < -0.39 is 12.4 Å². The average molecular weight is 172 g/mol. The number of hydrogen-bond acceptors (Lipinski definition) is 5. The Labute approximate surface area is 68.5 Å². The summed E-state index contributed by atoms with van der Waals surface area (Å²) in [5.41, 5.74) is 0. The summed E-state index contributed by atoms with van der Waals surface area (Å²) < 4.78 is 20.7. The summed E-state index contributed by atoms with van der Waals surface area (Å²) in [4.78, 5) is 11.4. The van der Waals surface area contributed by atoms with Crippen LogP contribution in [0.15, 0.2) is 0 Å². The van der Waals surface area contributed by atoms with E-state index in [-0.39, 0.29) is 24.8 Å². The second-order valence-corrected chi connectivity index (χ2v) is 3.08. The number of rotatable bonds is 0. The predicted molar refractivity (Wildman–Crippen MR) is 34.2 cm³/mol. The highest BCUT2D eigenvalue weighted by molar-refractivity contribution is 5.88. The maximum Gasteiger partial charge on any atom is 0.221 e. The minimum absolute atomic E-state index is 0.125. The van der Waals surface area contributed by atoms with Crippen molar-refractivity contribution in [2.24, 2.45) is 0 Å². The molecule has 3 rings (SSSR count). The number of carbonyl (C=O) groups excluding carboxylic acids is 1. The summed E-state index contributed by atoms with van der Waals surface area (Å²) in [5.74, 6) is -0.147. The smallest absolute Gasteiger partial charge is 0.221 e. The summed E-state index contributed by atoms with van der Waals surface area (Å²) >= 11 is 0. The fourth-order valence-corrected chi connectivity index (χ4v) is 1.79. The highest BCUT2D eigenvalue weighted by Gasteiger charge is 2.53. The van der Waals surface area contributed by atoms with Crippen molar-refractivity contribution in [3.05, 3.63) is 0 Å². The van der Waals surface area contributed by atoms with Gasteiger partial charge in [0.2, 0.25) is 12.1 Å². The van der Waals surface area contributed by atoms with E-state index in [0.717, 1.165) is 0 Å². The predicted octanol–water partition coefficient (Wildman–Crippen LogP) is -0.948. The third kappa shape index (κ3) is 0.740. The van der Waals surface area contributed by atoms with Gasteiger partial charge < -0.3 is 18.9 Å². The SMILES string of the molecule is O=C1[C@@H]2OC[C@@H](O2)[C@@H]2OCO[C@H]12. The Kier molecular flexibility index (Phi) is 1.31. The molecule has 0 aromatic rings. The van der Waals surface area contributed by atoms with Crippen LogP contribution in [-0.4, -0.2) is 43.8 Å². The largest absolute Gasteiger partial charge is 0.346 e. The Hall–Kier alpha value is -0.490. The van der Waals surface area contributed by atoms with Crippen molar-refractivity contribution in [1.82, 2.24) is 0 Å². The molecule has 0 N–H and O–H groups in total. The molecule has 66 valence electrons. The third-order valence-electron chi connectivity index (χ3n) is 2.40. The lowest BCUT2D eigenvalue weighted by Gasteiger charge is -2.25. The van der Waals surface area contributed by atoms with Crippen LogP contribution in [0.5, 0.6) is 0 Å². The van der Waals surface area contributed by atoms with Crippen molar-refractivity contribution in [2.75, 3.05) is 13.4 Å². The second-order valence-electron chi connectivity index (χ2n) is 3.08. The van der Waals surface area contributed by atoms with Crippen molar-refractivity contribution >= 4 is 5.78 Å². The summed E-state index contributed by atoms with van der Waals surface area (Å²) in [5, 5.41) is 0. The fraction of sp³-hybridized carbons (Fsp3) is 0.857. The van der Waals surface area contributed by atoms with E-state index in [0.29, 0.717) is 6.61 Å². The maximum absolute atomic E-state index is 11.4. The zero-order valence-corrected chi connectivity index (χ0v) is 6.26. The third-order valence-corrected chi connectivity index (χ3v) is 2.40. The summed E-state index contributed by atoms with van der Waals surface area (Å²) in [6, 6.07) is 0. The van der Waals surface area contributed by atoms with Gasteiger partial charge in [0.05, 0.1) is 6.61 Å². The highest BCUT2D eigenvalue weighted by Crippen LogP contribution is 2.31. The molecule has 3 saturated heterocycles. The van der Waals surface area contributed by atoms with Gasteiger partial charge >= 0.3 is 0 Å². The topological polar surface area (TPSA) is 54.0 Å². The molecule has 0 saturated carbocycles. The van der Waals surface area contributed by atoms with E-state index in [4.69, 9.17) is 18.9 Å². The Morgan fingerprint density at radius 2 is 2.17 bits per heavy atom. The van der Waals surface area contributed by atoms with Crippen LogP contribution in [0.2, 0.25) is 0 Å². The molecule has 5 heteroatoms. The number of ether oxygens (including phenoxy) is 4. The first-order valence-electron chi connectivity index (χ1n) is 3.90. The Morgan fingerprint density at radius 1 is 1.25 bits per heavy atom. The lowest BCUT2D eigenvalue weighted by Crippen LogP contribution is -2.49. The standard InChI is InChI=1S/C7H8O5/c8-4-6-5(10-2-11-6)3-1-9-7(4)12-3/h3,5-7H,1-2H2/t3-,5+,6-,7-/m1/s1. The molecule has 3 aliphatic rings. The molecule has 3 fully saturated rings. The minimum atomic E-state index is -0.710. The zero-order chi connectivity index (χ0) is 8.13. The molecule has 12 heavy (non-hydrogen) atoms. The van der Waals surface area contributed by atoms with Crippen molar-refractivity contribution in [3.63, 3.8) is 0 Å². The van der Waals surface area contributed by atoms with E-state index in [1.807, 2.05) is 0 Å². The van der Waals surface area contributed by atoms with E-state index in [1.54, 1.807) is 0 Å². The van der Waals surface area contributed by atoms with Crippen LogP contribution >= 0.6 is 0 Å². The zero-order valence-electron chi connectivity index (χ0n) is 6.26. The van der Waals surface area contributed by atoms with Gasteiger partial charge in [0.1, 0.15) is 19.0 Å².